The maximum Gasteiger partial charge on any atom is 0.251 e. The van der Waals surface area contributed by atoms with E-state index < -0.39 is 0 Å². The Morgan fingerprint density at radius 3 is 2.56 bits per heavy atom. The number of hydrogen-bond donors (Lipinski definition) is 1. The van der Waals surface area contributed by atoms with Crippen LogP contribution in [0.2, 0.25) is 5.02 Å². The maximum atomic E-state index is 12.1. The third-order valence-corrected chi connectivity index (χ3v) is 3.65. The van der Waals surface area contributed by atoms with Gasteiger partial charge in [-0.1, -0.05) is 16.8 Å². The molecule has 0 fully saturated rings. The monoisotopic (exact) mass is 357 g/mol. The van der Waals surface area contributed by atoms with Crippen LogP contribution in [0.3, 0.4) is 0 Å². The van der Waals surface area contributed by atoms with E-state index in [1.54, 1.807) is 48.5 Å². The summed E-state index contributed by atoms with van der Waals surface area (Å²) in [6.07, 6.45) is 0. The lowest BCUT2D eigenvalue weighted by molar-refractivity contribution is 0.0946. The van der Waals surface area contributed by atoms with Crippen LogP contribution in [-0.4, -0.2) is 22.7 Å². The summed E-state index contributed by atoms with van der Waals surface area (Å²) in [5, 5.41) is 7.28. The van der Waals surface area contributed by atoms with Crippen molar-refractivity contribution in [3.8, 4) is 17.1 Å². The van der Waals surface area contributed by atoms with E-state index >= 15 is 0 Å². The number of nitrogens with zero attached hydrogens (tertiary/aromatic N) is 2. The molecule has 6 nitrogen and oxygen atoms in total. The zero-order valence-corrected chi connectivity index (χ0v) is 14.3. The first-order chi connectivity index (χ1) is 12.2. The molecule has 3 aromatic rings. The Hall–Kier alpha value is -2.86. The summed E-state index contributed by atoms with van der Waals surface area (Å²) in [6.45, 7) is 2.63. The molecule has 0 aliphatic heterocycles. The Morgan fingerprint density at radius 1 is 1.16 bits per heavy atom. The molecule has 0 atom stereocenters. The Morgan fingerprint density at radius 2 is 1.88 bits per heavy atom. The van der Waals surface area contributed by atoms with Crippen LogP contribution in [0.5, 0.6) is 5.75 Å². The molecular weight excluding hydrogens is 342 g/mol. The first kappa shape index (κ1) is 17.0. The molecule has 0 spiro atoms. The molecule has 0 aliphatic rings. The van der Waals surface area contributed by atoms with Crippen LogP contribution in [-0.2, 0) is 6.54 Å². The summed E-state index contributed by atoms with van der Waals surface area (Å²) < 4.78 is 10.5. The van der Waals surface area contributed by atoms with Crippen molar-refractivity contribution in [1.82, 2.24) is 15.5 Å². The van der Waals surface area contributed by atoms with E-state index in [0.717, 1.165) is 11.3 Å². The highest BCUT2D eigenvalue weighted by Gasteiger charge is 2.11. The molecule has 7 heteroatoms. The van der Waals surface area contributed by atoms with Gasteiger partial charge in [0, 0.05) is 16.1 Å². The number of carbonyl (C=O) groups excluding carboxylic acids is 1. The van der Waals surface area contributed by atoms with Gasteiger partial charge >= 0.3 is 0 Å². The fraction of sp³-hybridized carbons (Fsp3) is 0.167. The number of carbonyl (C=O) groups is 1. The number of aromatic nitrogens is 2. The zero-order chi connectivity index (χ0) is 17.6. The standard InChI is InChI=1S/C18H16ClN3O3/c1-2-24-15-9-5-13(6-10-15)18(23)20-11-16-21-17(22-25-16)12-3-7-14(19)8-4-12/h3-10H,2,11H2,1H3,(H,20,23). The number of nitrogens with one attached hydrogen (secondary N) is 1. The third kappa shape index (κ3) is 4.36. The molecule has 2 aromatic carbocycles. The minimum Gasteiger partial charge on any atom is -0.494 e. The van der Waals surface area contributed by atoms with E-state index in [1.807, 2.05) is 6.92 Å². The van der Waals surface area contributed by atoms with E-state index in [2.05, 4.69) is 15.5 Å². The van der Waals surface area contributed by atoms with Gasteiger partial charge in [-0.25, -0.2) is 0 Å². The number of halogens is 1. The van der Waals surface area contributed by atoms with Crippen LogP contribution >= 0.6 is 11.6 Å². The first-order valence-corrected chi connectivity index (χ1v) is 8.13. The summed E-state index contributed by atoms with van der Waals surface area (Å²) in [6, 6.07) is 14.0. The normalized spacial score (nSPS) is 10.5. The molecule has 0 unspecified atom stereocenters. The molecular formula is C18H16ClN3O3. The smallest absolute Gasteiger partial charge is 0.251 e. The van der Waals surface area contributed by atoms with Crippen molar-refractivity contribution in [3.05, 3.63) is 65.0 Å². The van der Waals surface area contributed by atoms with Gasteiger partial charge in [0.05, 0.1) is 13.2 Å². The molecule has 0 radical (unpaired) electrons. The molecule has 0 bridgehead atoms. The van der Waals surface area contributed by atoms with Gasteiger partial charge in [-0.3, -0.25) is 4.79 Å². The SMILES string of the molecule is CCOc1ccc(C(=O)NCc2nc(-c3ccc(Cl)cc3)no2)cc1. The van der Waals surface area contributed by atoms with Crippen molar-refractivity contribution in [2.75, 3.05) is 6.61 Å². The molecule has 1 aromatic heterocycles. The van der Waals surface area contributed by atoms with Gasteiger partial charge in [0.15, 0.2) is 0 Å². The van der Waals surface area contributed by atoms with Crippen molar-refractivity contribution in [2.24, 2.45) is 0 Å². The number of hydrogen-bond acceptors (Lipinski definition) is 5. The van der Waals surface area contributed by atoms with Gasteiger partial charge < -0.3 is 14.6 Å². The lowest BCUT2D eigenvalue weighted by Crippen LogP contribution is -2.22. The summed E-state index contributed by atoms with van der Waals surface area (Å²) in [4.78, 5) is 16.4. The van der Waals surface area contributed by atoms with Crippen LogP contribution in [0.4, 0.5) is 0 Å². The largest absolute Gasteiger partial charge is 0.494 e. The highest BCUT2D eigenvalue weighted by Crippen LogP contribution is 2.18. The predicted molar refractivity (Wildman–Crippen MR) is 93.5 cm³/mol. The van der Waals surface area contributed by atoms with Gasteiger partial charge in [-0.2, -0.15) is 4.98 Å². The Kier molecular flexibility index (Phi) is 5.30. The number of ether oxygens (including phenoxy) is 1. The quantitative estimate of drug-likeness (QED) is 0.727. The van der Waals surface area contributed by atoms with Gasteiger partial charge in [-0.05, 0) is 55.5 Å². The lowest BCUT2D eigenvalue weighted by Gasteiger charge is -2.05. The third-order valence-electron chi connectivity index (χ3n) is 3.40. The van der Waals surface area contributed by atoms with E-state index in [-0.39, 0.29) is 12.5 Å². The summed E-state index contributed by atoms with van der Waals surface area (Å²) >= 11 is 5.85. The number of benzene rings is 2. The predicted octanol–water partition coefficient (Wildman–Crippen LogP) is 3.72. The molecule has 128 valence electrons. The average molecular weight is 358 g/mol. The second-order valence-corrected chi connectivity index (χ2v) is 5.60. The zero-order valence-electron chi connectivity index (χ0n) is 13.5. The number of rotatable bonds is 6. The van der Waals surface area contributed by atoms with Crippen molar-refractivity contribution in [1.29, 1.82) is 0 Å². The molecule has 0 saturated carbocycles. The summed E-state index contributed by atoms with van der Waals surface area (Å²) in [5.74, 6) is 1.27. The number of amides is 1. The summed E-state index contributed by atoms with van der Waals surface area (Å²) in [5.41, 5.74) is 1.32. The molecule has 0 aliphatic carbocycles. The van der Waals surface area contributed by atoms with Crippen molar-refractivity contribution in [2.45, 2.75) is 13.5 Å². The van der Waals surface area contributed by atoms with E-state index in [9.17, 15) is 4.79 Å². The van der Waals surface area contributed by atoms with Crippen LogP contribution in [0.15, 0.2) is 53.1 Å². The van der Waals surface area contributed by atoms with Gasteiger partial charge in [-0.15, -0.1) is 0 Å². The topological polar surface area (TPSA) is 77.2 Å². The highest BCUT2D eigenvalue weighted by atomic mass is 35.5. The van der Waals surface area contributed by atoms with Crippen LogP contribution < -0.4 is 10.1 Å². The highest BCUT2D eigenvalue weighted by molar-refractivity contribution is 6.30. The molecule has 1 amide bonds. The lowest BCUT2D eigenvalue weighted by atomic mass is 10.2. The van der Waals surface area contributed by atoms with Crippen LogP contribution in [0.25, 0.3) is 11.4 Å². The van der Waals surface area contributed by atoms with Crippen molar-refractivity contribution < 1.29 is 14.1 Å². The van der Waals surface area contributed by atoms with E-state index in [0.29, 0.717) is 28.9 Å². The molecule has 1 heterocycles. The fourth-order valence-corrected chi connectivity index (χ4v) is 2.30. The summed E-state index contributed by atoms with van der Waals surface area (Å²) in [7, 11) is 0. The van der Waals surface area contributed by atoms with Crippen LogP contribution in [0, 0.1) is 0 Å². The Bertz CT molecular complexity index is 845. The van der Waals surface area contributed by atoms with E-state index in [1.165, 1.54) is 0 Å². The fourth-order valence-electron chi connectivity index (χ4n) is 2.17. The average Bonchev–Trinajstić information content (AvgIpc) is 3.10. The molecule has 3 rings (SSSR count). The molecule has 1 N–H and O–H groups in total. The second kappa shape index (κ2) is 7.81. The maximum absolute atomic E-state index is 12.1. The second-order valence-electron chi connectivity index (χ2n) is 5.16. The van der Waals surface area contributed by atoms with Gasteiger partial charge in [0.25, 0.3) is 5.91 Å². The van der Waals surface area contributed by atoms with Crippen LogP contribution in [0.1, 0.15) is 23.2 Å². The van der Waals surface area contributed by atoms with Gasteiger partial charge in [0.2, 0.25) is 11.7 Å². The molecule has 0 saturated heterocycles. The Balaban J connectivity index is 1.60. The first-order valence-electron chi connectivity index (χ1n) is 7.75. The minimum absolute atomic E-state index is 0.145. The van der Waals surface area contributed by atoms with Gasteiger partial charge in [0.1, 0.15) is 5.75 Å². The van der Waals surface area contributed by atoms with E-state index in [4.69, 9.17) is 20.9 Å². The Labute approximate surface area is 149 Å². The minimum atomic E-state index is -0.228. The molecule has 25 heavy (non-hydrogen) atoms. The van der Waals surface area contributed by atoms with Crippen molar-refractivity contribution >= 4 is 17.5 Å². The van der Waals surface area contributed by atoms with Crippen molar-refractivity contribution in [3.63, 3.8) is 0 Å².